The predicted octanol–water partition coefficient (Wildman–Crippen LogP) is -0.0431. The van der Waals surface area contributed by atoms with E-state index in [0.717, 1.165) is 0 Å². The number of aromatic nitrogens is 2. The molecule has 0 spiro atoms. The number of aromatic amines is 1. The molecule has 0 atom stereocenters. The molecule has 0 aliphatic carbocycles. The molecule has 34 valence electrons. The predicted molar refractivity (Wildman–Crippen MR) is 33.4 cm³/mol. The van der Waals surface area contributed by atoms with Crippen LogP contribution in [0.15, 0.2) is 11.6 Å². The molecule has 0 unspecified atom stereocenters. The van der Waals surface area contributed by atoms with Crippen molar-refractivity contribution in [2.45, 2.75) is 0 Å². The summed E-state index contributed by atoms with van der Waals surface area (Å²) in [5.41, 5.74) is 0. The SMILES string of the molecule is S=[n+]1[nH]ccs1.[NaH]. The molecule has 0 saturated heterocycles. The summed E-state index contributed by atoms with van der Waals surface area (Å²) < 4.78 is 1.50. The molecule has 0 radical (unpaired) electrons. The second-order valence-electron chi connectivity index (χ2n) is 0.794. The molecule has 2 nitrogen and oxygen atoms in total. The number of nitrogens with one attached hydrogen (secondary N) is 1. The number of hydrogen-bond acceptors (Lipinski definition) is 2. The molecule has 1 aromatic heterocycles. The summed E-state index contributed by atoms with van der Waals surface area (Å²) >= 11 is 6.08. The molecule has 0 aliphatic heterocycles. The summed E-state index contributed by atoms with van der Waals surface area (Å²) in [7, 11) is 0. The Balaban J connectivity index is 0.000000360. The van der Waals surface area contributed by atoms with Crippen LogP contribution in [0.1, 0.15) is 0 Å². The van der Waals surface area contributed by atoms with Crippen molar-refractivity contribution in [3.63, 3.8) is 0 Å². The number of rotatable bonds is 0. The Morgan fingerprint density at radius 3 is 2.57 bits per heavy atom. The van der Waals surface area contributed by atoms with Crippen LogP contribution in [0.2, 0.25) is 0 Å². The van der Waals surface area contributed by atoms with Crippen LogP contribution in [0.5, 0.6) is 0 Å². The Morgan fingerprint density at radius 2 is 2.43 bits per heavy atom. The topological polar surface area (TPSA) is 21.7 Å². The fourth-order valence-corrected chi connectivity index (χ4v) is 0.771. The zero-order valence-electron chi connectivity index (χ0n) is 2.92. The van der Waals surface area contributed by atoms with Crippen molar-refractivity contribution in [2.75, 3.05) is 0 Å². The summed E-state index contributed by atoms with van der Waals surface area (Å²) in [4.78, 5) is 0. The van der Waals surface area contributed by atoms with Crippen molar-refractivity contribution in [3.05, 3.63) is 11.6 Å². The van der Waals surface area contributed by atoms with E-state index in [9.17, 15) is 0 Å². The van der Waals surface area contributed by atoms with Crippen molar-refractivity contribution < 1.29 is 3.12 Å². The molecule has 0 aliphatic rings. The number of H-pyrrole nitrogens is 1. The zero-order chi connectivity index (χ0) is 4.41. The van der Waals surface area contributed by atoms with Crippen LogP contribution in [0.25, 0.3) is 0 Å². The van der Waals surface area contributed by atoms with Gasteiger partial charge in [0.1, 0.15) is 0 Å². The Bertz CT molecular complexity index is 151. The van der Waals surface area contributed by atoms with Crippen molar-refractivity contribution in [3.8, 4) is 0 Å². The average molecular weight is 143 g/mol. The molecule has 0 saturated carbocycles. The van der Waals surface area contributed by atoms with Gasteiger partial charge in [-0.25, -0.2) is 0 Å². The molecule has 0 aromatic carbocycles. The summed E-state index contributed by atoms with van der Waals surface area (Å²) in [6, 6.07) is 0. The summed E-state index contributed by atoms with van der Waals surface area (Å²) in [6.07, 6.45) is 1.79. The monoisotopic (exact) mass is 143 g/mol. The van der Waals surface area contributed by atoms with Crippen molar-refractivity contribution in [1.29, 1.82) is 0 Å². The van der Waals surface area contributed by atoms with E-state index in [1.807, 2.05) is 5.38 Å². The molecule has 1 heterocycles. The normalized spacial score (nSPS) is 7.43. The third kappa shape index (κ3) is 2.56. The third-order valence-electron chi connectivity index (χ3n) is 0.405. The van der Waals surface area contributed by atoms with Gasteiger partial charge in [-0.2, -0.15) is 0 Å². The van der Waals surface area contributed by atoms with Gasteiger partial charge in [0.25, 0.3) is 0 Å². The van der Waals surface area contributed by atoms with Gasteiger partial charge < -0.3 is 0 Å². The van der Waals surface area contributed by atoms with Crippen LogP contribution in [-0.4, -0.2) is 34.7 Å². The first-order valence-electron chi connectivity index (χ1n) is 1.45. The van der Waals surface area contributed by atoms with Gasteiger partial charge >= 0.3 is 42.0 Å². The van der Waals surface area contributed by atoms with Gasteiger partial charge in [-0.1, -0.05) is 0 Å². The van der Waals surface area contributed by atoms with Gasteiger partial charge in [-0.05, 0) is 0 Å². The van der Waals surface area contributed by atoms with Gasteiger partial charge in [0.05, 0.1) is 14.7 Å². The van der Waals surface area contributed by atoms with Gasteiger partial charge in [0.2, 0.25) is 0 Å². The second-order valence-corrected chi connectivity index (χ2v) is 2.24. The van der Waals surface area contributed by atoms with Gasteiger partial charge in [0.15, 0.2) is 11.5 Å². The number of hydrogen-bond donors (Lipinski definition) is 1. The van der Waals surface area contributed by atoms with E-state index in [2.05, 4.69) is 17.5 Å². The van der Waals surface area contributed by atoms with Gasteiger partial charge in [-0.3, -0.25) is 0 Å². The van der Waals surface area contributed by atoms with E-state index in [-0.39, 0.29) is 29.6 Å². The average Bonchev–Trinajstić information content (AvgIpc) is 1.86. The first kappa shape index (κ1) is 7.78. The molecule has 0 amide bonds. The molecule has 0 bridgehead atoms. The summed E-state index contributed by atoms with van der Waals surface area (Å²) in [5.74, 6) is 0. The van der Waals surface area contributed by atoms with E-state index in [1.165, 1.54) is 14.6 Å². The molecule has 5 heteroatoms. The first-order chi connectivity index (χ1) is 2.89. The standard InChI is InChI=1S/C2H3N2S2.Na.H/c5-4-3-1-2-6-4;;/h1-2H,(H,3,5);;/q+1;;. The second kappa shape index (κ2) is 3.74. The van der Waals surface area contributed by atoms with E-state index in [0.29, 0.717) is 0 Å². The Hall–Kier alpha value is 0.780. The van der Waals surface area contributed by atoms with Gasteiger partial charge in [-0.15, -0.1) is 5.10 Å². The van der Waals surface area contributed by atoms with Crippen LogP contribution >= 0.6 is 24.0 Å². The number of nitrogens with zero attached hydrogens (tertiary/aromatic N) is 1. The van der Waals surface area contributed by atoms with E-state index < -0.39 is 0 Å². The fourth-order valence-electron chi connectivity index (χ4n) is 0.207. The van der Waals surface area contributed by atoms with Crippen LogP contribution in [0.4, 0.5) is 0 Å². The zero-order valence-corrected chi connectivity index (χ0v) is 4.55. The molecular formula is C2H4N2NaS2+. The van der Waals surface area contributed by atoms with Crippen molar-refractivity contribution >= 4 is 53.5 Å². The van der Waals surface area contributed by atoms with Crippen LogP contribution in [0, 0.1) is 0 Å². The van der Waals surface area contributed by atoms with Gasteiger partial charge in [0, 0.05) is 0 Å². The first-order valence-corrected chi connectivity index (χ1v) is 2.65. The quantitative estimate of drug-likeness (QED) is 0.399. The molecule has 1 rings (SSSR count). The molecule has 1 N–H and O–H groups in total. The summed E-state index contributed by atoms with van der Waals surface area (Å²) in [5, 5.41) is 4.63. The molecule has 7 heavy (non-hydrogen) atoms. The molecule has 0 fully saturated rings. The van der Waals surface area contributed by atoms with Crippen LogP contribution in [0.3, 0.4) is 0 Å². The molecule has 1 aromatic rings. The minimum absolute atomic E-state index is 0. The van der Waals surface area contributed by atoms with Crippen molar-refractivity contribution in [1.82, 2.24) is 5.10 Å². The molecular weight excluding hydrogens is 139 g/mol. The maximum absolute atomic E-state index is 4.62. The van der Waals surface area contributed by atoms with E-state index in [4.69, 9.17) is 0 Å². The van der Waals surface area contributed by atoms with Crippen LogP contribution < -0.4 is 3.12 Å². The van der Waals surface area contributed by atoms with Crippen LogP contribution in [-0.2, 0) is 0 Å². The maximum atomic E-state index is 4.62. The van der Waals surface area contributed by atoms with E-state index in [1.54, 1.807) is 6.20 Å². The third-order valence-corrected chi connectivity index (χ3v) is 1.32. The minimum atomic E-state index is 0. The van der Waals surface area contributed by atoms with Crippen molar-refractivity contribution in [2.24, 2.45) is 0 Å². The fraction of sp³-hybridized carbons (Fsp3) is 0. The summed E-state index contributed by atoms with van der Waals surface area (Å²) in [6.45, 7) is 0. The Kier molecular flexibility index (Phi) is 4.16. The van der Waals surface area contributed by atoms with E-state index >= 15 is 0 Å². The Morgan fingerprint density at radius 1 is 1.71 bits per heavy atom. The Labute approximate surface area is 72.8 Å².